The van der Waals surface area contributed by atoms with Crippen LogP contribution in [0.1, 0.15) is 25.2 Å². The Morgan fingerprint density at radius 1 is 1.11 bits per heavy atom. The highest BCUT2D eigenvalue weighted by molar-refractivity contribution is 5.78. The van der Waals surface area contributed by atoms with Crippen molar-refractivity contribution < 1.29 is 17.6 Å². The van der Waals surface area contributed by atoms with Gasteiger partial charge in [-0.2, -0.15) is 13.2 Å². The minimum absolute atomic E-state index is 0.149. The fourth-order valence-electron chi connectivity index (χ4n) is 1.84. The normalized spacial score (nSPS) is 13.2. The van der Waals surface area contributed by atoms with Gasteiger partial charge in [-0.3, -0.25) is 0 Å². The Morgan fingerprint density at radius 3 is 2.39 bits per heavy atom. The van der Waals surface area contributed by atoms with Crippen molar-refractivity contribution in [2.24, 2.45) is 5.41 Å². The lowest BCUT2D eigenvalue weighted by molar-refractivity contribution is -0.211. The number of furan rings is 1. The second-order valence-corrected chi connectivity index (χ2v) is 5.31. The van der Waals surface area contributed by atoms with E-state index in [2.05, 4.69) is 0 Å². The van der Waals surface area contributed by atoms with Crippen LogP contribution < -0.4 is 0 Å². The number of aryl methyl sites for hydroxylation is 1. The third-order valence-electron chi connectivity index (χ3n) is 3.11. The first-order chi connectivity index (χ1) is 8.19. The number of benzene rings is 1. The minimum Gasteiger partial charge on any atom is -0.461 e. The molecular formula is C14H15F3O. The predicted octanol–water partition coefficient (Wildman–Crippen LogP) is 4.87. The van der Waals surface area contributed by atoms with Crippen LogP contribution >= 0.6 is 0 Å². The summed E-state index contributed by atoms with van der Waals surface area (Å²) in [5.74, 6) is 0.373. The first-order valence-corrected chi connectivity index (χ1v) is 5.75. The van der Waals surface area contributed by atoms with Crippen molar-refractivity contribution in [3.63, 3.8) is 0 Å². The van der Waals surface area contributed by atoms with E-state index in [-0.39, 0.29) is 6.42 Å². The predicted molar refractivity (Wildman–Crippen MR) is 64.5 cm³/mol. The van der Waals surface area contributed by atoms with Crippen LogP contribution in [0.2, 0.25) is 0 Å². The van der Waals surface area contributed by atoms with Gasteiger partial charge in [0.15, 0.2) is 0 Å². The van der Waals surface area contributed by atoms with Crippen molar-refractivity contribution in [3.05, 3.63) is 35.6 Å². The van der Waals surface area contributed by atoms with E-state index < -0.39 is 11.6 Å². The summed E-state index contributed by atoms with van der Waals surface area (Å²) >= 11 is 0. The highest BCUT2D eigenvalue weighted by Crippen LogP contribution is 2.40. The summed E-state index contributed by atoms with van der Waals surface area (Å²) in [7, 11) is 0. The van der Waals surface area contributed by atoms with Gasteiger partial charge in [0.2, 0.25) is 0 Å². The third kappa shape index (κ3) is 2.37. The van der Waals surface area contributed by atoms with Gasteiger partial charge < -0.3 is 4.42 Å². The lowest BCUT2D eigenvalue weighted by Crippen LogP contribution is -2.33. The van der Waals surface area contributed by atoms with Crippen molar-refractivity contribution in [1.29, 1.82) is 0 Å². The van der Waals surface area contributed by atoms with Gasteiger partial charge in [-0.15, -0.1) is 0 Å². The van der Waals surface area contributed by atoms with Crippen molar-refractivity contribution in [3.8, 4) is 0 Å². The van der Waals surface area contributed by atoms with E-state index in [1.165, 1.54) is 13.8 Å². The number of halogens is 3. The van der Waals surface area contributed by atoms with Gasteiger partial charge in [0, 0.05) is 11.8 Å². The van der Waals surface area contributed by atoms with E-state index in [1.807, 2.05) is 19.1 Å². The molecule has 4 heteroatoms. The summed E-state index contributed by atoms with van der Waals surface area (Å²) in [5.41, 5.74) is -0.0888. The van der Waals surface area contributed by atoms with E-state index in [0.29, 0.717) is 11.3 Å². The van der Waals surface area contributed by atoms with Crippen LogP contribution in [-0.2, 0) is 6.42 Å². The number of rotatable bonds is 2. The summed E-state index contributed by atoms with van der Waals surface area (Å²) in [6.07, 6.45) is -4.38. The molecule has 0 aliphatic rings. The SMILES string of the molecule is Cc1ccc2oc(CC(C)(C)C(F)(F)F)cc2c1. The molecule has 0 amide bonds. The number of hydrogen-bond acceptors (Lipinski definition) is 1. The zero-order valence-electron chi connectivity index (χ0n) is 10.6. The molecule has 0 saturated heterocycles. The van der Waals surface area contributed by atoms with Gasteiger partial charge >= 0.3 is 6.18 Å². The molecule has 0 aliphatic heterocycles. The number of alkyl halides is 3. The highest BCUT2D eigenvalue weighted by atomic mass is 19.4. The van der Waals surface area contributed by atoms with Crippen LogP contribution in [0.4, 0.5) is 13.2 Å². The second-order valence-electron chi connectivity index (χ2n) is 5.31. The van der Waals surface area contributed by atoms with Gasteiger partial charge in [0.1, 0.15) is 11.3 Å². The highest BCUT2D eigenvalue weighted by Gasteiger charge is 2.47. The molecule has 2 rings (SSSR count). The Hall–Kier alpha value is -1.45. The number of hydrogen-bond donors (Lipinski definition) is 0. The van der Waals surface area contributed by atoms with Crippen LogP contribution in [0, 0.1) is 12.3 Å². The summed E-state index contributed by atoms with van der Waals surface area (Å²) in [6.45, 7) is 4.31. The van der Waals surface area contributed by atoms with Gasteiger partial charge in [-0.25, -0.2) is 0 Å². The molecule has 0 aliphatic carbocycles. The minimum atomic E-state index is -4.23. The van der Waals surface area contributed by atoms with Crippen molar-refractivity contribution in [2.45, 2.75) is 33.4 Å². The first-order valence-electron chi connectivity index (χ1n) is 5.75. The van der Waals surface area contributed by atoms with Crippen LogP contribution in [0.15, 0.2) is 28.7 Å². The molecule has 1 aromatic carbocycles. The molecule has 0 spiro atoms. The third-order valence-corrected chi connectivity index (χ3v) is 3.11. The molecule has 1 heterocycles. The monoisotopic (exact) mass is 256 g/mol. The largest absolute Gasteiger partial charge is 0.461 e. The van der Waals surface area contributed by atoms with Crippen molar-refractivity contribution >= 4 is 11.0 Å². The van der Waals surface area contributed by atoms with Crippen LogP contribution in [-0.4, -0.2) is 6.18 Å². The maximum atomic E-state index is 12.8. The lowest BCUT2D eigenvalue weighted by atomic mass is 9.87. The van der Waals surface area contributed by atoms with Gasteiger partial charge in [-0.05, 0) is 25.1 Å². The first kappa shape index (κ1) is 13.0. The van der Waals surface area contributed by atoms with E-state index in [1.54, 1.807) is 12.1 Å². The van der Waals surface area contributed by atoms with E-state index in [0.717, 1.165) is 10.9 Å². The fraction of sp³-hybridized carbons (Fsp3) is 0.429. The molecule has 1 nitrogen and oxygen atoms in total. The Balaban J connectivity index is 2.33. The van der Waals surface area contributed by atoms with E-state index in [9.17, 15) is 13.2 Å². The molecule has 0 bridgehead atoms. The molecule has 2 aromatic rings. The Morgan fingerprint density at radius 2 is 1.78 bits per heavy atom. The number of fused-ring (bicyclic) bond motifs is 1. The average molecular weight is 256 g/mol. The standard InChI is InChI=1S/C14H15F3O/c1-9-4-5-12-10(6-9)7-11(18-12)8-13(2,3)14(15,16)17/h4-7H,8H2,1-3H3. The molecule has 98 valence electrons. The molecule has 0 unspecified atom stereocenters. The maximum Gasteiger partial charge on any atom is 0.394 e. The molecule has 0 radical (unpaired) electrons. The van der Waals surface area contributed by atoms with Gasteiger partial charge in [-0.1, -0.05) is 25.5 Å². The lowest BCUT2D eigenvalue weighted by Gasteiger charge is -2.26. The Labute approximate surface area is 104 Å². The average Bonchev–Trinajstić information content (AvgIpc) is 2.56. The molecule has 0 N–H and O–H groups in total. The quantitative estimate of drug-likeness (QED) is 0.747. The Bertz CT molecular complexity index is 564. The van der Waals surface area contributed by atoms with E-state index >= 15 is 0 Å². The molecule has 18 heavy (non-hydrogen) atoms. The summed E-state index contributed by atoms with van der Waals surface area (Å²) in [6, 6.07) is 7.26. The van der Waals surface area contributed by atoms with Crippen LogP contribution in [0.5, 0.6) is 0 Å². The molecule has 1 aromatic heterocycles. The Kier molecular flexibility index (Phi) is 2.92. The molecule has 0 saturated carbocycles. The molecule has 0 atom stereocenters. The van der Waals surface area contributed by atoms with Gasteiger partial charge in [0.05, 0.1) is 5.41 Å². The zero-order valence-corrected chi connectivity index (χ0v) is 10.6. The zero-order chi connectivity index (χ0) is 13.6. The van der Waals surface area contributed by atoms with E-state index in [4.69, 9.17) is 4.42 Å². The summed E-state index contributed by atoms with van der Waals surface area (Å²) in [5, 5.41) is 0.850. The van der Waals surface area contributed by atoms with Crippen LogP contribution in [0.25, 0.3) is 11.0 Å². The topological polar surface area (TPSA) is 13.1 Å². The fourth-order valence-corrected chi connectivity index (χ4v) is 1.84. The van der Waals surface area contributed by atoms with Gasteiger partial charge in [0.25, 0.3) is 0 Å². The summed E-state index contributed by atoms with van der Waals surface area (Å²) < 4.78 is 43.8. The maximum absolute atomic E-state index is 12.8. The van der Waals surface area contributed by atoms with Crippen LogP contribution in [0.3, 0.4) is 0 Å². The molecular weight excluding hydrogens is 241 g/mol. The smallest absolute Gasteiger partial charge is 0.394 e. The summed E-state index contributed by atoms with van der Waals surface area (Å²) in [4.78, 5) is 0. The van der Waals surface area contributed by atoms with Crippen molar-refractivity contribution in [2.75, 3.05) is 0 Å². The molecule has 0 fully saturated rings. The second kappa shape index (κ2) is 4.04. The van der Waals surface area contributed by atoms with Crippen molar-refractivity contribution in [1.82, 2.24) is 0 Å².